The first-order chi connectivity index (χ1) is 11.6. The van der Waals surface area contributed by atoms with Gasteiger partial charge in [0.2, 0.25) is 5.91 Å². The van der Waals surface area contributed by atoms with E-state index in [2.05, 4.69) is 17.3 Å². The van der Waals surface area contributed by atoms with Crippen molar-refractivity contribution in [2.75, 3.05) is 5.01 Å². The van der Waals surface area contributed by atoms with Gasteiger partial charge in [-0.25, -0.2) is 4.79 Å². The number of hydrogen-bond donors (Lipinski definition) is 2. The third-order valence-electron chi connectivity index (χ3n) is 3.84. The van der Waals surface area contributed by atoms with Crippen LogP contribution in [0.25, 0.3) is 10.8 Å². The van der Waals surface area contributed by atoms with Crippen molar-refractivity contribution in [3.63, 3.8) is 0 Å². The minimum absolute atomic E-state index is 0.296. The first kappa shape index (κ1) is 17.7. The van der Waals surface area contributed by atoms with E-state index in [0.717, 1.165) is 42.5 Å². The second kappa shape index (κ2) is 8.86. The number of carbonyl (C=O) groups excluding carboxylic acids is 1. The Morgan fingerprint density at radius 3 is 2.71 bits per heavy atom. The molecular formula is C18H23N3O3. The van der Waals surface area contributed by atoms with Crippen molar-refractivity contribution < 1.29 is 14.7 Å². The third-order valence-corrected chi connectivity index (χ3v) is 3.84. The van der Waals surface area contributed by atoms with Crippen molar-refractivity contribution in [2.45, 2.75) is 45.4 Å². The van der Waals surface area contributed by atoms with Crippen LogP contribution >= 0.6 is 0 Å². The van der Waals surface area contributed by atoms with E-state index in [-0.39, 0.29) is 5.91 Å². The number of pyridine rings is 1. The summed E-state index contributed by atoms with van der Waals surface area (Å²) in [6.45, 7) is 2.14. The van der Waals surface area contributed by atoms with Crippen LogP contribution in [0.1, 0.15) is 45.4 Å². The van der Waals surface area contributed by atoms with Crippen molar-refractivity contribution in [1.29, 1.82) is 0 Å². The molecule has 24 heavy (non-hydrogen) atoms. The number of unbranched alkanes of at least 4 members (excludes halogenated alkanes) is 4. The molecule has 0 saturated heterocycles. The standard InChI is InChI=1S/C18H23N3O3/c1-2-3-4-5-6-10-17(22)20-21(18(23)24)16-9-7-8-14-11-12-19-13-15(14)16/h7-9,11-13H,2-6,10H2,1H3,(H,20,22)(H,23,24). The largest absolute Gasteiger partial charge is 0.463 e. The summed E-state index contributed by atoms with van der Waals surface area (Å²) < 4.78 is 0. The molecule has 2 N–H and O–H groups in total. The van der Waals surface area contributed by atoms with Gasteiger partial charge < -0.3 is 5.11 Å². The molecule has 6 heteroatoms. The average molecular weight is 329 g/mol. The Kier molecular flexibility index (Phi) is 6.54. The number of amides is 2. The smallest absolute Gasteiger partial charge is 0.431 e. The summed E-state index contributed by atoms with van der Waals surface area (Å²) in [4.78, 5) is 27.7. The lowest BCUT2D eigenvalue weighted by molar-refractivity contribution is -0.121. The normalized spacial score (nSPS) is 10.5. The molecule has 0 atom stereocenters. The highest BCUT2D eigenvalue weighted by atomic mass is 16.4. The predicted octanol–water partition coefficient (Wildman–Crippen LogP) is 4.11. The fourth-order valence-electron chi connectivity index (χ4n) is 2.57. The van der Waals surface area contributed by atoms with Crippen molar-refractivity contribution >= 4 is 28.5 Å². The Labute approximate surface area is 141 Å². The van der Waals surface area contributed by atoms with Gasteiger partial charge >= 0.3 is 6.09 Å². The SMILES string of the molecule is CCCCCCCC(=O)NN(C(=O)O)c1cccc2ccncc12. The number of carbonyl (C=O) groups is 2. The number of nitrogens with one attached hydrogen (secondary N) is 1. The first-order valence-electron chi connectivity index (χ1n) is 8.28. The Balaban J connectivity index is 2.06. The van der Waals surface area contributed by atoms with Crippen molar-refractivity contribution in [3.8, 4) is 0 Å². The molecule has 0 aliphatic carbocycles. The Hall–Kier alpha value is -2.63. The molecule has 0 saturated carbocycles. The Morgan fingerprint density at radius 1 is 1.17 bits per heavy atom. The second-order valence-corrected chi connectivity index (χ2v) is 5.69. The first-order valence-corrected chi connectivity index (χ1v) is 8.28. The van der Waals surface area contributed by atoms with E-state index in [1.54, 1.807) is 30.6 Å². The van der Waals surface area contributed by atoms with E-state index in [9.17, 15) is 14.7 Å². The number of hydrogen-bond acceptors (Lipinski definition) is 3. The molecule has 0 bridgehead atoms. The maximum atomic E-state index is 12.1. The summed E-state index contributed by atoms with van der Waals surface area (Å²) in [5.74, 6) is -0.296. The van der Waals surface area contributed by atoms with Gasteiger partial charge in [-0.2, -0.15) is 5.01 Å². The fourth-order valence-corrected chi connectivity index (χ4v) is 2.57. The number of benzene rings is 1. The molecule has 0 aliphatic rings. The van der Waals surface area contributed by atoms with Gasteiger partial charge in [0, 0.05) is 24.2 Å². The van der Waals surface area contributed by atoms with Crippen LogP contribution in [0.2, 0.25) is 0 Å². The minimum atomic E-state index is -1.23. The van der Waals surface area contributed by atoms with Crippen LogP contribution in [0.3, 0.4) is 0 Å². The number of hydrazine groups is 1. The lowest BCUT2D eigenvalue weighted by atomic mass is 10.1. The molecule has 0 radical (unpaired) electrons. The molecule has 128 valence electrons. The Bertz CT molecular complexity index is 697. The van der Waals surface area contributed by atoms with Gasteiger partial charge in [-0.3, -0.25) is 15.2 Å². The molecule has 1 heterocycles. The number of rotatable bonds is 7. The van der Waals surface area contributed by atoms with E-state index in [0.29, 0.717) is 17.5 Å². The van der Waals surface area contributed by atoms with Gasteiger partial charge in [-0.15, -0.1) is 0 Å². The summed E-state index contributed by atoms with van der Waals surface area (Å²) >= 11 is 0. The van der Waals surface area contributed by atoms with Crippen LogP contribution in [-0.4, -0.2) is 22.1 Å². The predicted molar refractivity (Wildman–Crippen MR) is 93.8 cm³/mol. The zero-order chi connectivity index (χ0) is 17.4. The number of anilines is 1. The van der Waals surface area contributed by atoms with Crippen molar-refractivity contribution in [1.82, 2.24) is 10.4 Å². The number of aromatic nitrogens is 1. The van der Waals surface area contributed by atoms with Gasteiger partial charge in [0.05, 0.1) is 5.69 Å². The number of fused-ring (bicyclic) bond motifs is 1. The van der Waals surface area contributed by atoms with Crippen LogP contribution in [0.4, 0.5) is 10.5 Å². The molecule has 0 aliphatic heterocycles. The molecule has 0 unspecified atom stereocenters. The second-order valence-electron chi connectivity index (χ2n) is 5.69. The Morgan fingerprint density at radius 2 is 1.96 bits per heavy atom. The molecule has 2 amide bonds. The summed E-state index contributed by atoms with van der Waals surface area (Å²) in [6.07, 6.45) is 7.47. The quantitative estimate of drug-likeness (QED) is 0.591. The van der Waals surface area contributed by atoms with Crippen molar-refractivity contribution in [3.05, 3.63) is 36.7 Å². The fraction of sp³-hybridized carbons (Fsp3) is 0.389. The maximum Gasteiger partial charge on any atom is 0.431 e. The molecular weight excluding hydrogens is 306 g/mol. The van der Waals surface area contributed by atoms with E-state index in [4.69, 9.17) is 0 Å². The summed E-state index contributed by atoms with van der Waals surface area (Å²) in [7, 11) is 0. The molecule has 6 nitrogen and oxygen atoms in total. The van der Waals surface area contributed by atoms with Crippen LogP contribution in [0, 0.1) is 0 Å². The van der Waals surface area contributed by atoms with Crippen molar-refractivity contribution in [2.24, 2.45) is 0 Å². The van der Waals surface area contributed by atoms with Gasteiger partial charge in [0.15, 0.2) is 0 Å². The molecule has 0 spiro atoms. The lowest BCUT2D eigenvalue weighted by Gasteiger charge is -2.21. The zero-order valence-corrected chi connectivity index (χ0v) is 13.9. The third kappa shape index (κ3) is 4.68. The molecule has 0 fully saturated rings. The monoisotopic (exact) mass is 329 g/mol. The summed E-state index contributed by atoms with van der Waals surface area (Å²) in [5, 5.41) is 11.9. The minimum Gasteiger partial charge on any atom is -0.463 e. The van der Waals surface area contributed by atoms with E-state index >= 15 is 0 Å². The maximum absolute atomic E-state index is 12.1. The van der Waals surface area contributed by atoms with Gasteiger partial charge in [-0.1, -0.05) is 44.7 Å². The highest BCUT2D eigenvalue weighted by Gasteiger charge is 2.19. The molecule has 2 aromatic rings. The molecule has 1 aromatic carbocycles. The van der Waals surface area contributed by atoms with Crippen LogP contribution in [-0.2, 0) is 4.79 Å². The number of carboxylic acid groups (broad SMARTS) is 1. The van der Waals surface area contributed by atoms with Gasteiger partial charge in [0.25, 0.3) is 0 Å². The summed E-state index contributed by atoms with van der Waals surface area (Å²) in [6, 6.07) is 7.08. The van der Waals surface area contributed by atoms with Crippen LogP contribution in [0.15, 0.2) is 36.7 Å². The van der Waals surface area contributed by atoms with Gasteiger partial charge in [0.1, 0.15) is 0 Å². The van der Waals surface area contributed by atoms with E-state index < -0.39 is 6.09 Å². The average Bonchev–Trinajstić information content (AvgIpc) is 2.59. The number of nitrogens with zero attached hydrogens (tertiary/aromatic N) is 2. The lowest BCUT2D eigenvalue weighted by Crippen LogP contribution is -2.45. The highest BCUT2D eigenvalue weighted by Crippen LogP contribution is 2.25. The van der Waals surface area contributed by atoms with E-state index in [1.807, 2.05) is 6.07 Å². The molecule has 1 aromatic heterocycles. The van der Waals surface area contributed by atoms with Crippen LogP contribution in [0.5, 0.6) is 0 Å². The summed E-state index contributed by atoms with van der Waals surface area (Å²) in [5.41, 5.74) is 2.88. The highest BCUT2D eigenvalue weighted by molar-refractivity contribution is 6.01. The zero-order valence-electron chi connectivity index (χ0n) is 13.9. The van der Waals surface area contributed by atoms with E-state index in [1.165, 1.54) is 0 Å². The van der Waals surface area contributed by atoms with Crippen LogP contribution < -0.4 is 10.4 Å². The van der Waals surface area contributed by atoms with Gasteiger partial charge in [-0.05, 0) is 23.9 Å². The molecule has 2 rings (SSSR count). The topological polar surface area (TPSA) is 82.5 Å².